The maximum Gasteiger partial charge on any atom is 0.239 e. The second-order valence-corrected chi connectivity index (χ2v) is 6.72. The Bertz CT molecular complexity index is 823. The van der Waals surface area contributed by atoms with Crippen LogP contribution in [-0.4, -0.2) is 36.6 Å². The fraction of sp³-hybridized carbons (Fsp3) is 0.300. The second-order valence-electron chi connectivity index (χ2n) is 6.28. The van der Waals surface area contributed by atoms with Crippen LogP contribution < -0.4 is 14.8 Å². The lowest BCUT2D eigenvalue weighted by Gasteiger charge is -2.20. The van der Waals surface area contributed by atoms with Gasteiger partial charge in [-0.05, 0) is 41.8 Å². The van der Waals surface area contributed by atoms with E-state index in [-0.39, 0.29) is 25.2 Å². The number of hydrogen-bond donors (Lipinski definition) is 1. The van der Waals surface area contributed by atoms with Gasteiger partial charge in [0.15, 0.2) is 11.5 Å². The van der Waals surface area contributed by atoms with Crippen LogP contribution in [0.2, 0.25) is 5.02 Å². The third-order valence-corrected chi connectivity index (χ3v) is 4.54. The summed E-state index contributed by atoms with van der Waals surface area (Å²) in [6, 6.07) is 13.0. The van der Waals surface area contributed by atoms with E-state index in [9.17, 15) is 9.59 Å². The molecule has 1 aliphatic heterocycles. The number of fused-ring (bicyclic) bond motifs is 1. The van der Waals surface area contributed by atoms with Crippen LogP contribution in [0.5, 0.6) is 11.5 Å². The van der Waals surface area contributed by atoms with Crippen LogP contribution in [0.4, 0.5) is 0 Å². The summed E-state index contributed by atoms with van der Waals surface area (Å²) in [6.45, 7) is 2.53. The fourth-order valence-corrected chi connectivity index (χ4v) is 2.87. The monoisotopic (exact) mass is 388 g/mol. The predicted octanol–water partition coefficient (Wildman–Crippen LogP) is 2.78. The summed E-state index contributed by atoms with van der Waals surface area (Å²) in [4.78, 5) is 25.6. The average molecular weight is 389 g/mol. The van der Waals surface area contributed by atoms with Crippen LogP contribution in [0.15, 0.2) is 42.5 Å². The molecule has 1 N–H and O–H groups in total. The van der Waals surface area contributed by atoms with Gasteiger partial charge in [-0.25, -0.2) is 0 Å². The average Bonchev–Trinajstić information content (AvgIpc) is 3.12. The third-order valence-electron chi connectivity index (χ3n) is 4.29. The van der Waals surface area contributed by atoms with Crippen LogP contribution in [-0.2, 0) is 22.6 Å². The van der Waals surface area contributed by atoms with E-state index in [1.165, 1.54) is 11.8 Å². The number of ether oxygens (including phenoxy) is 2. The first-order chi connectivity index (χ1) is 13.0. The molecule has 0 bridgehead atoms. The molecular weight excluding hydrogens is 368 g/mol. The summed E-state index contributed by atoms with van der Waals surface area (Å²) in [6.07, 6.45) is 0.659. The van der Waals surface area contributed by atoms with Crippen molar-refractivity contribution >= 4 is 23.4 Å². The van der Waals surface area contributed by atoms with Crippen LogP contribution in [0.3, 0.4) is 0 Å². The molecule has 0 fully saturated rings. The summed E-state index contributed by atoms with van der Waals surface area (Å²) in [5.41, 5.74) is 1.97. The predicted molar refractivity (Wildman–Crippen MR) is 102 cm³/mol. The lowest BCUT2D eigenvalue weighted by molar-refractivity contribution is -0.134. The molecular formula is C20H21ClN2O4. The van der Waals surface area contributed by atoms with Gasteiger partial charge in [0.05, 0.1) is 6.54 Å². The van der Waals surface area contributed by atoms with E-state index in [0.29, 0.717) is 36.0 Å². The molecule has 0 atom stereocenters. The fourth-order valence-electron chi connectivity index (χ4n) is 2.74. The standard InChI is InChI=1S/C20H21ClN2O4/c1-14(24)23(9-8-15-2-5-17(21)6-3-15)12-20(25)22-11-16-4-7-18-19(10-16)27-13-26-18/h2-7,10H,8-9,11-13H2,1H3,(H,22,25). The van der Waals surface area contributed by atoms with Crippen molar-refractivity contribution in [2.75, 3.05) is 19.9 Å². The van der Waals surface area contributed by atoms with Crippen molar-refractivity contribution in [3.63, 3.8) is 0 Å². The van der Waals surface area contributed by atoms with E-state index in [4.69, 9.17) is 21.1 Å². The molecule has 1 heterocycles. The molecule has 1 aliphatic rings. The van der Waals surface area contributed by atoms with Crippen molar-refractivity contribution in [2.24, 2.45) is 0 Å². The first-order valence-corrected chi connectivity index (χ1v) is 9.04. The van der Waals surface area contributed by atoms with Crippen molar-refractivity contribution in [3.8, 4) is 11.5 Å². The van der Waals surface area contributed by atoms with Gasteiger partial charge in [-0.15, -0.1) is 0 Å². The zero-order valence-electron chi connectivity index (χ0n) is 15.0. The lowest BCUT2D eigenvalue weighted by Crippen LogP contribution is -2.40. The van der Waals surface area contributed by atoms with Crippen LogP contribution in [0.25, 0.3) is 0 Å². The van der Waals surface area contributed by atoms with Gasteiger partial charge in [-0.3, -0.25) is 9.59 Å². The largest absolute Gasteiger partial charge is 0.454 e. The number of halogens is 1. The maximum atomic E-state index is 12.2. The minimum atomic E-state index is -0.209. The van der Waals surface area contributed by atoms with Crippen molar-refractivity contribution < 1.29 is 19.1 Å². The SMILES string of the molecule is CC(=O)N(CCc1ccc(Cl)cc1)CC(=O)NCc1ccc2c(c1)OCO2. The molecule has 142 valence electrons. The van der Waals surface area contributed by atoms with E-state index < -0.39 is 0 Å². The van der Waals surface area contributed by atoms with Crippen LogP contribution in [0, 0.1) is 0 Å². The first kappa shape index (κ1) is 19.0. The zero-order valence-corrected chi connectivity index (χ0v) is 15.8. The van der Waals surface area contributed by atoms with Gasteiger partial charge in [0.2, 0.25) is 18.6 Å². The summed E-state index contributed by atoms with van der Waals surface area (Å²) in [5.74, 6) is 1.03. The Balaban J connectivity index is 1.49. The Hall–Kier alpha value is -2.73. The number of benzene rings is 2. The highest BCUT2D eigenvalue weighted by atomic mass is 35.5. The molecule has 2 aromatic rings. The van der Waals surface area contributed by atoms with E-state index >= 15 is 0 Å². The molecule has 0 aliphatic carbocycles. The number of carbonyl (C=O) groups excluding carboxylic acids is 2. The number of rotatable bonds is 7. The number of nitrogens with one attached hydrogen (secondary N) is 1. The molecule has 7 heteroatoms. The number of amides is 2. The molecule has 0 spiro atoms. The minimum Gasteiger partial charge on any atom is -0.454 e. The Kier molecular flexibility index (Phi) is 6.19. The molecule has 0 unspecified atom stereocenters. The van der Waals surface area contributed by atoms with Gasteiger partial charge >= 0.3 is 0 Å². The van der Waals surface area contributed by atoms with Gasteiger partial charge in [0, 0.05) is 25.0 Å². The van der Waals surface area contributed by atoms with Crippen LogP contribution in [0.1, 0.15) is 18.1 Å². The number of hydrogen-bond acceptors (Lipinski definition) is 4. The smallest absolute Gasteiger partial charge is 0.239 e. The van der Waals surface area contributed by atoms with E-state index in [2.05, 4.69) is 5.32 Å². The van der Waals surface area contributed by atoms with Crippen molar-refractivity contribution in [2.45, 2.75) is 19.9 Å². The molecule has 27 heavy (non-hydrogen) atoms. The Morgan fingerprint density at radius 3 is 2.52 bits per heavy atom. The lowest BCUT2D eigenvalue weighted by atomic mass is 10.1. The quantitative estimate of drug-likeness (QED) is 0.792. The minimum absolute atomic E-state index is 0.0213. The van der Waals surface area contributed by atoms with Gasteiger partial charge in [-0.1, -0.05) is 29.8 Å². The summed E-state index contributed by atoms with van der Waals surface area (Å²) in [5, 5.41) is 3.51. The summed E-state index contributed by atoms with van der Waals surface area (Å²) in [7, 11) is 0. The third kappa shape index (κ3) is 5.37. The first-order valence-electron chi connectivity index (χ1n) is 8.66. The summed E-state index contributed by atoms with van der Waals surface area (Å²) < 4.78 is 10.6. The molecule has 0 saturated carbocycles. The highest BCUT2D eigenvalue weighted by Crippen LogP contribution is 2.32. The number of carbonyl (C=O) groups is 2. The Labute approximate surface area is 163 Å². The maximum absolute atomic E-state index is 12.2. The molecule has 2 amide bonds. The second kappa shape index (κ2) is 8.77. The Morgan fingerprint density at radius 1 is 1.07 bits per heavy atom. The van der Waals surface area contributed by atoms with E-state index in [1.54, 1.807) is 0 Å². The van der Waals surface area contributed by atoms with E-state index in [0.717, 1.165) is 11.1 Å². The molecule has 0 radical (unpaired) electrons. The normalized spacial score (nSPS) is 11.9. The molecule has 3 rings (SSSR count). The molecule has 2 aromatic carbocycles. The van der Waals surface area contributed by atoms with Gasteiger partial charge in [-0.2, -0.15) is 0 Å². The highest BCUT2D eigenvalue weighted by Gasteiger charge is 2.15. The van der Waals surface area contributed by atoms with Crippen molar-refractivity contribution in [3.05, 3.63) is 58.6 Å². The van der Waals surface area contributed by atoms with Gasteiger partial charge in [0.1, 0.15) is 0 Å². The van der Waals surface area contributed by atoms with E-state index in [1.807, 2.05) is 42.5 Å². The summed E-state index contributed by atoms with van der Waals surface area (Å²) >= 11 is 5.88. The Morgan fingerprint density at radius 2 is 1.78 bits per heavy atom. The highest BCUT2D eigenvalue weighted by molar-refractivity contribution is 6.30. The molecule has 0 saturated heterocycles. The molecule has 0 aromatic heterocycles. The van der Waals surface area contributed by atoms with Crippen LogP contribution >= 0.6 is 11.6 Å². The topological polar surface area (TPSA) is 67.9 Å². The van der Waals surface area contributed by atoms with Gasteiger partial charge < -0.3 is 19.7 Å². The van der Waals surface area contributed by atoms with Gasteiger partial charge in [0.25, 0.3) is 0 Å². The molecule has 6 nitrogen and oxygen atoms in total. The number of nitrogens with zero attached hydrogens (tertiary/aromatic N) is 1. The zero-order chi connectivity index (χ0) is 19.2. The van der Waals surface area contributed by atoms with Crippen molar-refractivity contribution in [1.29, 1.82) is 0 Å². The van der Waals surface area contributed by atoms with Crippen molar-refractivity contribution in [1.82, 2.24) is 10.2 Å².